The van der Waals surface area contributed by atoms with Gasteiger partial charge in [-0.1, -0.05) is 26.0 Å². The predicted molar refractivity (Wildman–Crippen MR) is 122 cm³/mol. The summed E-state index contributed by atoms with van der Waals surface area (Å²) in [4.78, 5) is 60.3. The van der Waals surface area contributed by atoms with Gasteiger partial charge in [-0.3, -0.25) is 19.2 Å². The minimum atomic E-state index is -1.40. The Bertz CT molecular complexity index is 873. The molecule has 0 aromatic heterocycles. The average molecular weight is 480 g/mol. The Morgan fingerprint density at radius 3 is 1.97 bits per heavy atom. The zero-order valence-corrected chi connectivity index (χ0v) is 19.2. The van der Waals surface area contributed by atoms with Crippen LogP contribution in [0.1, 0.15) is 38.7 Å². The molecule has 9 N–H and O–H groups in total. The lowest BCUT2D eigenvalue weighted by atomic mass is 10.0. The van der Waals surface area contributed by atoms with E-state index in [1.54, 1.807) is 12.1 Å². The largest absolute Gasteiger partial charge is 0.508 e. The van der Waals surface area contributed by atoms with Crippen molar-refractivity contribution in [2.24, 2.45) is 17.4 Å². The van der Waals surface area contributed by atoms with Gasteiger partial charge in [-0.15, -0.1) is 0 Å². The zero-order chi connectivity index (χ0) is 25.8. The Balaban J connectivity index is 3.11. The van der Waals surface area contributed by atoms with Crippen molar-refractivity contribution >= 4 is 29.6 Å². The molecule has 1 aromatic carbocycles. The molecule has 0 saturated carbocycles. The van der Waals surface area contributed by atoms with E-state index in [-0.39, 0.29) is 43.9 Å². The second kappa shape index (κ2) is 13.8. The van der Waals surface area contributed by atoms with Gasteiger partial charge < -0.3 is 37.6 Å². The van der Waals surface area contributed by atoms with Gasteiger partial charge >= 0.3 is 5.97 Å². The predicted octanol–water partition coefficient (Wildman–Crippen LogP) is -1.26. The summed E-state index contributed by atoms with van der Waals surface area (Å²) in [6, 6.07) is 2.33. The molecule has 1 aromatic rings. The van der Waals surface area contributed by atoms with Crippen molar-refractivity contribution in [2.75, 3.05) is 6.54 Å². The highest BCUT2D eigenvalue weighted by atomic mass is 16.4. The highest BCUT2D eigenvalue weighted by Crippen LogP contribution is 2.13. The van der Waals surface area contributed by atoms with E-state index in [1.807, 2.05) is 13.8 Å². The number of carboxylic acid groups (broad SMARTS) is 1. The number of phenolic OH excluding ortho intramolecular Hbond substituents is 1. The number of carbonyl (C=O) groups is 5. The lowest BCUT2D eigenvalue weighted by Gasteiger charge is -2.25. The molecule has 12 heteroatoms. The number of primary amides is 1. The van der Waals surface area contributed by atoms with Gasteiger partial charge in [0.25, 0.3) is 0 Å². The van der Waals surface area contributed by atoms with Crippen LogP contribution < -0.4 is 27.4 Å². The molecule has 34 heavy (non-hydrogen) atoms. The van der Waals surface area contributed by atoms with E-state index in [0.29, 0.717) is 5.56 Å². The fraction of sp³-hybridized carbons (Fsp3) is 0.500. The quantitative estimate of drug-likeness (QED) is 0.171. The van der Waals surface area contributed by atoms with Gasteiger partial charge in [-0.25, -0.2) is 4.79 Å². The number of amides is 4. The van der Waals surface area contributed by atoms with E-state index in [9.17, 15) is 34.2 Å². The first-order valence-electron chi connectivity index (χ1n) is 10.8. The van der Waals surface area contributed by atoms with Crippen molar-refractivity contribution in [1.29, 1.82) is 0 Å². The van der Waals surface area contributed by atoms with Gasteiger partial charge in [0.05, 0.1) is 6.54 Å². The minimum absolute atomic E-state index is 0.00711. The Morgan fingerprint density at radius 2 is 1.47 bits per heavy atom. The molecule has 188 valence electrons. The fourth-order valence-electron chi connectivity index (χ4n) is 3.12. The number of aliphatic carboxylic acids is 1. The number of rotatable bonds is 14. The van der Waals surface area contributed by atoms with E-state index in [1.165, 1.54) is 12.1 Å². The smallest absolute Gasteiger partial charge is 0.326 e. The summed E-state index contributed by atoms with van der Waals surface area (Å²) < 4.78 is 0. The van der Waals surface area contributed by atoms with Crippen molar-refractivity contribution in [1.82, 2.24) is 16.0 Å². The molecular formula is C22H33N5O7. The van der Waals surface area contributed by atoms with E-state index in [0.717, 1.165) is 0 Å². The van der Waals surface area contributed by atoms with E-state index >= 15 is 0 Å². The highest BCUT2D eigenvalue weighted by Gasteiger charge is 2.30. The van der Waals surface area contributed by atoms with Gasteiger partial charge in [0, 0.05) is 12.8 Å². The van der Waals surface area contributed by atoms with E-state index in [2.05, 4.69) is 16.0 Å². The molecule has 0 radical (unpaired) electrons. The van der Waals surface area contributed by atoms with Crippen molar-refractivity contribution in [2.45, 2.75) is 57.7 Å². The third kappa shape index (κ3) is 10.3. The first kappa shape index (κ1) is 28.4. The molecular weight excluding hydrogens is 446 g/mol. The summed E-state index contributed by atoms with van der Waals surface area (Å²) in [6.45, 7) is 3.39. The molecule has 0 fully saturated rings. The van der Waals surface area contributed by atoms with Gasteiger partial charge in [0.15, 0.2) is 0 Å². The molecule has 0 aliphatic heterocycles. The van der Waals surface area contributed by atoms with Crippen molar-refractivity contribution in [3.05, 3.63) is 29.8 Å². The summed E-state index contributed by atoms with van der Waals surface area (Å²) in [5.74, 6) is -4.03. The maximum absolute atomic E-state index is 13.0. The van der Waals surface area contributed by atoms with Crippen LogP contribution >= 0.6 is 0 Å². The second-order valence-corrected chi connectivity index (χ2v) is 8.29. The number of carboxylic acids is 1. The van der Waals surface area contributed by atoms with Crippen LogP contribution in [-0.2, 0) is 30.4 Å². The van der Waals surface area contributed by atoms with Crippen LogP contribution in [0.5, 0.6) is 5.75 Å². The van der Waals surface area contributed by atoms with Crippen LogP contribution in [0.25, 0.3) is 0 Å². The minimum Gasteiger partial charge on any atom is -0.508 e. The van der Waals surface area contributed by atoms with Crippen molar-refractivity contribution < 1.29 is 34.2 Å². The number of hydrogen-bond acceptors (Lipinski definition) is 7. The lowest BCUT2D eigenvalue weighted by Crippen LogP contribution is -2.57. The topological polar surface area (TPSA) is 214 Å². The SMILES string of the molecule is CC(C)CC(NC(=O)CN)C(=O)NC(Cc1ccc(O)cc1)C(=O)NC(CCC(N)=O)C(=O)O. The number of hydrogen-bond donors (Lipinski definition) is 7. The van der Waals surface area contributed by atoms with Gasteiger partial charge in [-0.05, 0) is 36.5 Å². The molecule has 3 atom stereocenters. The van der Waals surface area contributed by atoms with Crippen LogP contribution in [0.15, 0.2) is 24.3 Å². The summed E-state index contributed by atoms with van der Waals surface area (Å²) in [5.41, 5.74) is 11.0. The molecule has 4 amide bonds. The lowest BCUT2D eigenvalue weighted by molar-refractivity contribution is -0.142. The highest BCUT2D eigenvalue weighted by molar-refractivity contribution is 5.93. The third-order valence-electron chi connectivity index (χ3n) is 4.85. The molecule has 1 rings (SSSR count). The first-order chi connectivity index (χ1) is 15.9. The molecule has 3 unspecified atom stereocenters. The number of carbonyl (C=O) groups excluding carboxylic acids is 4. The summed E-state index contributed by atoms with van der Waals surface area (Å²) in [6.07, 6.45) is -0.229. The monoisotopic (exact) mass is 479 g/mol. The van der Waals surface area contributed by atoms with E-state index < -0.39 is 47.7 Å². The molecule has 0 aliphatic rings. The van der Waals surface area contributed by atoms with Crippen LogP contribution in [0.2, 0.25) is 0 Å². The van der Waals surface area contributed by atoms with Crippen molar-refractivity contribution in [3.63, 3.8) is 0 Å². The Hall–Kier alpha value is -3.67. The van der Waals surface area contributed by atoms with Gasteiger partial charge in [0.2, 0.25) is 23.6 Å². The van der Waals surface area contributed by atoms with Crippen LogP contribution in [0.4, 0.5) is 0 Å². The normalized spacial score (nSPS) is 13.4. The molecule has 0 aliphatic carbocycles. The zero-order valence-electron chi connectivity index (χ0n) is 19.2. The maximum atomic E-state index is 13.0. The maximum Gasteiger partial charge on any atom is 0.326 e. The standard InChI is InChI=1S/C22H33N5O7/c1-12(2)9-16(25-19(30)11-23)20(31)27-17(10-13-3-5-14(28)6-4-13)21(32)26-15(22(33)34)7-8-18(24)29/h3-6,12,15-17,28H,7-11,23H2,1-2H3,(H2,24,29)(H,25,30)(H,26,32)(H,27,31)(H,33,34). The van der Waals surface area contributed by atoms with Gasteiger partial charge in [-0.2, -0.15) is 0 Å². The van der Waals surface area contributed by atoms with Crippen LogP contribution in [0.3, 0.4) is 0 Å². The molecule has 0 bridgehead atoms. The Kier molecular flexibility index (Phi) is 11.5. The van der Waals surface area contributed by atoms with Crippen LogP contribution in [0, 0.1) is 5.92 Å². The fourth-order valence-corrected chi connectivity index (χ4v) is 3.12. The number of benzene rings is 1. The van der Waals surface area contributed by atoms with Gasteiger partial charge in [0.1, 0.15) is 23.9 Å². The Morgan fingerprint density at radius 1 is 0.912 bits per heavy atom. The third-order valence-corrected chi connectivity index (χ3v) is 4.85. The molecule has 0 spiro atoms. The first-order valence-corrected chi connectivity index (χ1v) is 10.8. The summed E-state index contributed by atoms with van der Waals surface area (Å²) in [5, 5.41) is 26.3. The second-order valence-electron chi connectivity index (χ2n) is 8.29. The average Bonchev–Trinajstić information content (AvgIpc) is 2.76. The number of phenols is 1. The number of aromatic hydroxyl groups is 1. The summed E-state index contributed by atoms with van der Waals surface area (Å²) in [7, 11) is 0. The summed E-state index contributed by atoms with van der Waals surface area (Å²) >= 11 is 0. The molecule has 0 saturated heterocycles. The van der Waals surface area contributed by atoms with Crippen molar-refractivity contribution in [3.8, 4) is 5.75 Å². The number of nitrogens with one attached hydrogen (secondary N) is 3. The number of nitrogens with two attached hydrogens (primary N) is 2. The molecule has 0 heterocycles. The Labute approximate surface area is 197 Å². The molecule has 12 nitrogen and oxygen atoms in total. The van der Waals surface area contributed by atoms with Crippen LogP contribution in [-0.4, -0.2) is 64.5 Å². The van der Waals surface area contributed by atoms with E-state index in [4.69, 9.17) is 11.5 Å².